The van der Waals surface area contributed by atoms with Crippen molar-refractivity contribution in [3.63, 3.8) is 0 Å². The molecule has 3 saturated heterocycles. The first kappa shape index (κ1) is 19.3. The maximum Gasteiger partial charge on any atom is 0.201 e. The van der Waals surface area contributed by atoms with Gasteiger partial charge in [0.15, 0.2) is 11.9 Å². The number of aromatic nitrogens is 1. The molecule has 1 spiro atoms. The van der Waals surface area contributed by atoms with Gasteiger partial charge < -0.3 is 18.7 Å². The summed E-state index contributed by atoms with van der Waals surface area (Å²) in [4.78, 5) is 11.9. The van der Waals surface area contributed by atoms with Gasteiger partial charge in [-0.05, 0) is 58.3 Å². The predicted octanol–water partition coefficient (Wildman–Crippen LogP) is 3.81. The average Bonchev–Trinajstić information content (AvgIpc) is 2.83. The fraction of sp³-hybridized carbons (Fsp3) is 0.850. The molecule has 1 saturated carbocycles. The van der Waals surface area contributed by atoms with Gasteiger partial charge in [0.25, 0.3) is 0 Å². The Kier molecular flexibility index (Phi) is 5.33. The number of ether oxygens (including phenoxy) is 3. The van der Waals surface area contributed by atoms with E-state index in [9.17, 15) is 0 Å². The van der Waals surface area contributed by atoms with E-state index in [1.807, 2.05) is 20.8 Å². The predicted molar refractivity (Wildman–Crippen MR) is 95.5 cm³/mol. The molecule has 1 aromatic rings. The molecular formula is C20H31NO6. The first-order valence-electron chi connectivity index (χ1n) is 10.1. The number of methoxy groups -OCH3 is 1. The van der Waals surface area contributed by atoms with Crippen LogP contribution >= 0.6 is 0 Å². The molecule has 1 aliphatic carbocycles. The van der Waals surface area contributed by atoms with Crippen LogP contribution in [0.5, 0.6) is 0 Å². The Morgan fingerprint density at radius 2 is 2.04 bits per heavy atom. The minimum atomic E-state index is -0.715. The number of rotatable bonds is 6. The van der Waals surface area contributed by atoms with Crippen LogP contribution < -0.4 is 0 Å². The molecule has 0 amide bonds. The van der Waals surface area contributed by atoms with Crippen LogP contribution in [-0.4, -0.2) is 36.6 Å². The van der Waals surface area contributed by atoms with Crippen molar-refractivity contribution in [3.8, 4) is 0 Å². The van der Waals surface area contributed by atoms with E-state index in [-0.39, 0.29) is 5.92 Å². The number of hydrogen-bond donors (Lipinski definition) is 0. The molecule has 0 aromatic carbocycles. The van der Waals surface area contributed by atoms with Crippen molar-refractivity contribution in [2.45, 2.75) is 83.6 Å². The zero-order chi connectivity index (χ0) is 19.1. The number of aryl methyl sites for hydroxylation is 2. The smallest absolute Gasteiger partial charge is 0.201 e. The largest absolute Gasteiger partial charge is 0.377 e. The van der Waals surface area contributed by atoms with E-state index >= 15 is 0 Å². The van der Waals surface area contributed by atoms with Gasteiger partial charge in [-0.2, -0.15) is 0 Å². The summed E-state index contributed by atoms with van der Waals surface area (Å²) in [6, 6.07) is 0. The van der Waals surface area contributed by atoms with Crippen LogP contribution in [-0.2, 0) is 30.6 Å². The van der Waals surface area contributed by atoms with Crippen molar-refractivity contribution in [2.75, 3.05) is 13.7 Å². The number of fused-ring (bicyclic) bond motifs is 3. The van der Waals surface area contributed by atoms with Crippen molar-refractivity contribution >= 4 is 0 Å². The molecule has 5 atom stereocenters. The summed E-state index contributed by atoms with van der Waals surface area (Å²) in [5, 5.41) is 3.98. The Balaban J connectivity index is 1.44. The summed E-state index contributed by atoms with van der Waals surface area (Å²) in [7, 11) is 1.70. The second kappa shape index (κ2) is 7.44. The lowest BCUT2D eigenvalue weighted by molar-refractivity contribution is -0.554. The lowest BCUT2D eigenvalue weighted by Crippen LogP contribution is -2.63. The molecule has 1 aromatic heterocycles. The minimum Gasteiger partial charge on any atom is -0.377 e. The maximum atomic E-state index is 6.20. The van der Waals surface area contributed by atoms with Crippen molar-refractivity contribution in [2.24, 2.45) is 11.8 Å². The highest BCUT2D eigenvalue weighted by Crippen LogP contribution is 2.55. The van der Waals surface area contributed by atoms with E-state index in [1.165, 1.54) is 6.42 Å². The van der Waals surface area contributed by atoms with E-state index < -0.39 is 17.7 Å². The number of nitrogens with zero attached hydrogens (tertiary/aromatic N) is 1. The average molecular weight is 381 g/mol. The molecule has 4 aliphatic rings. The van der Waals surface area contributed by atoms with Gasteiger partial charge in [0.1, 0.15) is 5.76 Å². The minimum absolute atomic E-state index is 0.272. The van der Waals surface area contributed by atoms with Crippen LogP contribution in [0.15, 0.2) is 4.52 Å². The summed E-state index contributed by atoms with van der Waals surface area (Å²) in [6.45, 7) is 6.95. The molecule has 0 radical (unpaired) electrons. The third-order valence-electron chi connectivity index (χ3n) is 6.67. The summed E-state index contributed by atoms with van der Waals surface area (Å²) in [5.74, 6) is 0.763. The Morgan fingerprint density at radius 3 is 2.78 bits per heavy atom. The highest BCUT2D eigenvalue weighted by atomic mass is 17.3. The second-order valence-electron chi connectivity index (χ2n) is 8.35. The normalized spacial score (nSPS) is 38.6. The SMILES string of the molecule is CO[C@H]1O[C@]2(C)CC[C@H]3CCC[C@@H](CCOCc4c(C)noc4C)[C@]31OO2. The van der Waals surface area contributed by atoms with E-state index in [0.717, 1.165) is 49.1 Å². The van der Waals surface area contributed by atoms with Gasteiger partial charge in [-0.3, -0.25) is 0 Å². The van der Waals surface area contributed by atoms with Gasteiger partial charge >= 0.3 is 0 Å². The first-order valence-corrected chi connectivity index (χ1v) is 10.1. The second-order valence-corrected chi connectivity index (χ2v) is 8.35. The van der Waals surface area contributed by atoms with Crippen molar-refractivity contribution in [3.05, 3.63) is 17.0 Å². The summed E-state index contributed by atoms with van der Waals surface area (Å²) in [6.07, 6.45) is 5.71. The van der Waals surface area contributed by atoms with E-state index in [1.54, 1.807) is 7.11 Å². The van der Waals surface area contributed by atoms with E-state index in [0.29, 0.717) is 19.1 Å². The zero-order valence-electron chi connectivity index (χ0n) is 16.8. The monoisotopic (exact) mass is 381 g/mol. The topological polar surface area (TPSA) is 72.2 Å². The third-order valence-corrected chi connectivity index (χ3v) is 6.67. The van der Waals surface area contributed by atoms with Crippen molar-refractivity contribution < 1.29 is 28.5 Å². The van der Waals surface area contributed by atoms with E-state index in [4.69, 9.17) is 28.5 Å². The molecule has 2 bridgehead atoms. The Morgan fingerprint density at radius 1 is 1.19 bits per heavy atom. The van der Waals surface area contributed by atoms with E-state index in [2.05, 4.69) is 5.16 Å². The molecule has 4 heterocycles. The molecule has 5 rings (SSSR count). The number of hydrogen-bond acceptors (Lipinski definition) is 7. The summed E-state index contributed by atoms with van der Waals surface area (Å²) < 4.78 is 23.1. The fourth-order valence-electron chi connectivity index (χ4n) is 5.07. The zero-order valence-corrected chi connectivity index (χ0v) is 16.8. The van der Waals surface area contributed by atoms with Crippen LogP contribution in [0.1, 0.15) is 62.5 Å². The summed E-state index contributed by atoms with van der Waals surface area (Å²) >= 11 is 0. The molecule has 4 fully saturated rings. The lowest BCUT2D eigenvalue weighted by atomic mass is 9.65. The molecule has 3 aliphatic heterocycles. The van der Waals surface area contributed by atoms with Gasteiger partial charge in [-0.15, -0.1) is 0 Å². The standard InChI is InChI=1S/C20H31NO6/c1-13-17(14(2)25-21-13)12-23-11-9-16-7-5-6-15-8-10-19(3)24-18(22-4)20(15,16)27-26-19/h15-16,18H,5-12H2,1-4H3/t15-,16+,18+,19+,20-/m1/s1. The van der Waals surface area contributed by atoms with Gasteiger partial charge in [0.05, 0.1) is 12.3 Å². The Labute approximate surface area is 160 Å². The Hall–Kier alpha value is -0.990. The van der Waals surface area contributed by atoms with Crippen molar-refractivity contribution in [1.29, 1.82) is 0 Å². The first-order chi connectivity index (χ1) is 13.0. The van der Waals surface area contributed by atoms with Gasteiger partial charge in [-0.1, -0.05) is 11.6 Å². The third kappa shape index (κ3) is 3.34. The fourth-order valence-corrected chi connectivity index (χ4v) is 5.07. The molecule has 7 nitrogen and oxygen atoms in total. The lowest BCUT2D eigenvalue weighted by Gasteiger charge is -2.53. The van der Waals surface area contributed by atoms with Crippen molar-refractivity contribution in [1.82, 2.24) is 5.16 Å². The van der Waals surface area contributed by atoms with Crippen LogP contribution in [0.3, 0.4) is 0 Å². The highest BCUT2D eigenvalue weighted by Gasteiger charge is 2.63. The molecule has 27 heavy (non-hydrogen) atoms. The molecular weight excluding hydrogens is 350 g/mol. The molecule has 0 N–H and O–H groups in total. The molecule has 7 heteroatoms. The molecule has 152 valence electrons. The van der Waals surface area contributed by atoms with Gasteiger partial charge in [-0.25, -0.2) is 9.78 Å². The van der Waals surface area contributed by atoms with Crippen LogP contribution in [0.25, 0.3) is 0 Å². The highest BCUT2D eigenvalue weighted by molar-refractivity contribution is 5.19. The maximum absolute atomic E-state index is 6.20. The van der Waals surface area contributed by atoms with Gasteiger partial charge in [0.2, 0.25) is 5.79 Å². The Bertz CT molecular complexity index is 643. The van der Waals surface area contributed by atoms with Crippen LogP contribution in [0.2, 0.25) is 0 Å². The molecule has 0 unspecified atom stereocenters. The van der Waals surface area contributed by atoms with Gasteiger partial charge in [0, 0.05) is 25.7 Å². The van der Waals surface area contributed by atoms with Crippen LogP contribution in [0.4, 0.5) is 0 Å². The van der Waals surface area contributed by atoms with Crippen LogP contribution in [0, 0.1) is 25.7 Å². The quantitative estimate of drug-likeness (QED) is 0.548. The summed E-state index contributed by atoms with van der Waals surface area (Å²) in [5.41, 5.74) is 1.38.